The Bertz CT molecular complexity index is 439. The third kappa shape index (κ3) is 3.26. The Labute approximate surface area is 114 Å². The van der Waals surface area contributed by atoms with Crippen molar-refractivity contribution in [2.45, 2.75) is 38.1 Å². The maximum Gasteiger partial charge on any atom is 0.244 e. The van der Waals surface area contributed by atoms with E-state index in [0.29, 0.717) is 18.2 Å². The number of hydrogen-bond donors (Lipinski definition) is 2. The molecule has 4 nitrogen and oxygen atoms in total. The maximum absolute atomic E-state index is 12.0. The predicted octanol–water partition coefficient (Wildman–Crippen LogP) is 2.32. The summed E-state index contributed by atoms with van der Waals surface area (Å²) in [5.41, 5.74) is 5.66. The Morgan fingerprint density at radius 2 is 2.47 bits per heavy atom. The quantitative estimate of drug-likeness (QED) is 0.818. The Morgan fingerprint density at radius 1 is 1.63 bits per heavy atom. The molecule has 0 aromatic carbocycles. The third-order valence-corrected chi connectivity index (χ3v) is 4.13. The topological polar surface area (TPSA) is 68.3 Å². The Kier molecular flexibility index (Phi) is 4.43. The SMILES string of the molecule is CC1CCCCC1(CN)NC(=O)/C=C/c1ccco1. The summed E-state index contributed by atoms with van der Waals surface area (Å²) in [5.74, 6) is 0.997. The first-order valence-electron chi connectivity index (χ1n) is 6.90. The van der Waals surface area contributed by atoms with Crippen molar-refractivity contribution < 1.29 is 9.21 Å². The lowest BCUT2D eigenvalue weighted by Crippen LogP contribution is -2.58. The lowest BCUT2D eigenvalue weighted by Gasteiger charge is -2.42. The highest BCUT2D eigenvalue weighted by Crippen LogP contribution is 2.32. The molecule has 2 unspecified atom stereocenters. The number of furan rings is 1. The summed E-state index contributed by atoms with van der Waals surface area (Å²) in [5, 5.41) is 3.10. The molecule has 3 N–H and O–H groups in total. The standard InChI is InChI=1S/C15H22N2O2/c1-12-5-2-3-9-15(12,11-16)17-14(18)8-7-13-6-4-10-19-13/h4,6-8,10,12H,2-3,5,9,11,16H2,1H3,(H,17,18)/b8-7+. The van der Waals surface area contributed by atoms with Gasteiger partial charge in [0.25, 0.3) is 0 Å². The van der Waals surface area contributed by atoms with Gasteiger partial charge < -0.3 is 15.5 Å². The van der Waals surface area contributed by atoms with Crippen molar-refractivity contribution >= 4 is 12.0 Å². The molecule has 1 saturated carbocycles. The third-order valence-electron chi connectivity index (χ3n) is 4.13. The molecule has 1 aliphatic carbocycles. The molecule has 19 heavy (non-hydrogen) atoms. The summed E-state index contributed by atoms with van der Waals surface area (Å²) >= 11 is 0. The highest BCUT2D eigenvalue weighted by molar-refractivity contribution is 5.91. The van der Waals surface area contributed by atoms with Gasteiger partial charge in [-0.05, 0) is 37.0 Å². The largest absolute Gasteiger partial charge is 0.465 e. The van der Waals surface area contributed by atoms with Crippen LogP contribution in [0.15, 0.2) is 28.9 Å². The monoisotopic (exact) mass is 262 g/mol. The first-order valence-corrected chi connectivity index (χ1v) is 6.90. The first-order chi connectivity index (χ1) is 9.16. The van der Waals surface area contributed by atoms with Crippen molar-refractivity contribution in [3.05, 3.63) is 30.2 Å². The summed E-state index contributed by atoms with van der Waals surface area (Å²) < 4.78 is 5.15. The number of carbonyl (C=O) groups is 1. The van der Waals surface area contributed by atoms with Gasteiger partial charge in [-0.25, -0.2) is 0 Å². The van der Waals surface area contributed by atoms with Crippen LogP contribution in [0, 0.1) is 5.92 Å². The second-order valence-electron chi connectivity index (χ2n) is 5.35. The molecule has 2 rings (SSSR count). The molecule has 0 radical (unpaired) electrons. The van der Waals surface area contributed by atoms with Crippen molar-refractivity contribution in [3.8, 4) is 0 Å². The lowest BCUT2D eigenvalue weighted by atomic mass is 9.73. The van der Waals surface area contributed by atoms with E-state index in [-0.39, 0.29) is 11.4 Å². The average molecular weight is 262 g/mol. The molecule has 104 valence electrons. The molecule has 0 bridgehead atoms. The van der Waals surface area contributed by atoms with Crippen LogP contribution >= 0.6 is 0 Å². The van der Waals surface area contributed by atoms with Gasteiger partial charge in [0.2, 0.25) is 5.91 Å². The van der Waals surface area contributed by atoms with Crippen LogP contribution in [0.1, 0.15) is 38.4 Å². The lowest BCUT2D eigenvalue weighted by molar-refractivity contribution is -0.119. The van der Waals surface area contributed by atoms with Crippen molar-refractivity contribution in [3.63, 3.8) is 0 Å². The molecule has 1 aliphatic rings. The van der Waals surface area contributed by atoms with E-state index in [1.165, 1.54) is 12.5 Å². The van der Waals surface area contributed by atoms with Crippen LogP contribution < -0.4 is 11.1 Å². The molecule has 1 fully saturated rings. The number of hydrogen-bond acceptors (Lipinski definition) is 3. The highest BCUT2D eigenvalue weighted by atomic mass is 16.3. The molecule has 1 aromatic heterocycles. The Balaban J connectivity index is 1.99. The summed E-state index contributed by atoms with van der Waals surface area (Å²) in [6.45, 7) is 2.66. The van der Waals surface area contributed by atoms with Crippen LogP contribution in [0.3, 0.4) is 0 Å². The molecular formula is C15H22N2O2. The Morgan fingerprint density at radius 3 is 3.11 bits per heavy atom. The second kappa shape index (κ2) is 6.06. The van der Waals surface area contributed by atoms with Crippen LogP contribution in [-0.4, -0.2) is 18.0 Å². The molecule has 2 atom stereocenters. The van der Waals surface area contributed by atoms with Gasteiger partial charge >= 0.3 is 0 Å². The number of carbonyl (C=O) groups excluding carboxylic acids is 1. The fraction of sp³-hybridized carbons (Fsp3) is 0.533. The fourth-order valence-electron chi connectivity index (χ4n) is 2.78. The van der Waals surface area contributed by atoms with Gasteiger partial charge in [-0.1, -0.05) is 19.8 Å². The Hall–Kier alpha value is -1.55. The van der Waals surface area contributed by atoms with Crippen LogP contribution in [-0.2, 0) is 4.79 Å². The zero-order valence-corrected chi connectivity index (χ0v) is 11.4. The fourth-order valence-corrected chi connectivity index (χ4v) is 2.78. The summed E-state index contributed by atoms with van der Waals surface area (Å²) in [4.78, 5) is 12.0. The van der Waals surface area contributed by atoms with Gasteiger partial charge in [0.15, 0.2) is 0 Å². The predicted molar refractivity (Wildman–Crippen MR) is 75.3 cm³/mol. The van der Waals surface area contributed by atoms with E-state index in [1.54, 1.807) is 18.4 Å². The molecule has 1 heterocycles. The summed E-state index contributed by atoms with van der Waals surface area (Å²) in [7, 11) is 0. The van der Waals surface area contributed by atoms with E-state index >= 15 is 0 Å². The van der Waals surface area contributed by atoms with Gasteiger partial charge in [-0.3, -0.25) is 4.79 Å². The van der Waals surface area contributed by atoms with Crippen molar-refractivity contribution in [2.75, 3.05) is 6.54 Å². The molecule has 0 saturated heterocycles. The van der Waals surface area contributed by atoms with Gasteiger partial charge in [0.05, 0.1) is 11.8 Å². The average Bonchev–Trinajstić information content (AvgIpc) is 2.92. The van der Waals surface area contributed by atoms with Gasteiger partial charge in [0, 0.05) is 12.6 Å². The zero-order chi connectivity index (χ0) is 13.7. The van der Waals surface area contributed by atoms with Crippen molar-refractivity contribution in [1.82, 2.24) is 5.32 Å². The van der Waals surface area contributed by atoms with Crippen LogP contribution in [0.25, 0.3) is 6.08 Å². The smallest absolute Gasteiger partial charge is 0.244 e. The molecule has 1 amide bonds. The van der Waals surface area contributed by atoms with E-state index in [2.05, 4.69) is 12.2 Å². The minimum atomic E-state index is -0.247. The normalized spacial score (nSPS) is 27.6. The van der Waals surface area contributed by atoms with Crippen LogP contribution in [0.5, 0.6) is 0 Å². The van der Waals surface area contributed by atoms with E-state index < -0.39 is 0 Å². The zero-order valence-electron chi connectivity index (χ0n) is 11.4. The second-order valence-corrected chi connectivity index (χ2v) is 5.35. The number of rotatable bonds is 4. The van der Waals surface area contributed by atoms with Gasteiger partial charge in [-0.15, -0.1) is 0 Å². The first kappa shape index (κ1) is 13.9. The number of amides is 1. The molecule has 1 aromatic rings. The molecule has 4 heteroatoms. The van der Waals surface area contributed by atoms with E-state index in [1.807, 2.05) is 6.07 Å². The summed E-state index contributed by atoms with van der Waals surface area (Å²) in [6.07, 6.45) is 9.21. The van der Waals surface area contributed by atoms with Gasteiger partial charge in [-0.2, -0.15) is 0 Å². The van der Waals surface area contributed by atoms with Crippen LogP contribution in [0.4, 0.5) is 0 Å². The molecule has 0 aliphatic heterocycles. The van der Waals surface area contributed by atoms with Crippen molar-refractivity contribution in [1.29, 1.82) is 0 Å². The minimum absolute atomic E-state index is 0.101. The summed E-state index contributed by atoms with van der Waals surface area (Å²) in [6, 6.07) is 3.61. The maximum atomic E-state index is 12.0. The van der Waals surface area contributed by atoms with Crippen LogP contribution in [0.2, 0.25) is 0 Å². The highest BCUT2D eigenvalue weighted by Gasteiger charge is 2.37. The van der Waals surface area contributed by atoms with E-state index in [4.69, 9.17) is 10.2 Å². The molecule has 0 spiro atoms. The van der Waals surface area contributed by atoms with E-state index in [0.717, 1.165) is 19.3 Å². The number of nitrogens with one attached hydrogen (secondary N) is 1. The van der Waals surface area contributed by atoms with Gasteiger partial charge in [0.1, 0.15) is 5.76 Å². The van der Waals surface area contributed by atoms with E-state index in [9.17, 15) is 4.79 Å². The minimum Gasteiger partial charge on any atom is -0.465 e. The van der Waals surface area contributed by atoms with Crippen molar-refractivity contribution in [2.24, 2.45) is 11.7 Å². The molecular weight excluding hydrogens is 240 g/mol. The number of nitrogens with two attached hydrogens (primary N) is 1.